The predicted molar refractivity (Wildman–Crippen MR) is 79.1 cm³/mol. The molecule has 19 heavy (non-hydrogen) atoms. The average Bonchev–Trinajstić information content (AvgIpc) is 2.89. The third-order valence-electron chi connectivity index (χ3n) is 3.65. The van der Waals surface area contributed by atoms with Crippen LogP contribution in [0.4, 0.5) is 0 Å². The molecule has 2 heterocycles. The Bertz CT molecular complexity index is 377. The summed E-state index contributed by atoms with van der Waals surface area (Å²) in [6.45, 7) is 10.6. The van der Waals surface area contributed by atoms with Crippen LogP contribution in [-0.4, -0.2) is 38.8 Å². The van der Waals surface area contributed by atoms with E-state index in [-0.39, 0.29) is 12.4 Å². The molecule has 1 aliphatic rings. The summed E-state index contributed by atoms with van der Waals surface area (Å²) in [5.74, 6) is 2.31. The van der Waals surface area contributed by atoms with Gasteiger partial charge in [0.2, 0.25) is 0 Å². The van der Waals surface area contributed by atoms with Gasteiger partial charge in [-0.2, -0.15) is 5.10 Å². The van der Waals surface area contributed by atoms with Gasteiger partial charge in [-0.1, -0.05) is 13.8 Å². The summed E-state index contributed by atoms with van der Waals surface area (Å²) in [7, 11) is 0. The zero-order chi connectivity index (χ0) is 13.1. The minimum atomic E-state index is 0. The molecule has 110 valence electrons. The zero-order valence-corrected chi connectivity index (χ0v) is 12.9. The third-order valence-corrected chi connectivity index (χ3v) is 3.65. The zero-order valence-electron chi connectivity index (χ0n) is 12.1. The van der Waals surface area contributed by atoms with Crippen LogP contribution < -0.4 is 5.73 Å². The van der Waals surface area contributed by atoms with Crippen LogP contribution in [0.1, 0.15) is 33.0 Å². The highest BCUT2D eigenvalue weighted by atomic mass is 35.5. The van der Waals surface area contributed by atoms with Gasteiger partial charge in [-0.3, -0.25) is 4.90 Å². The van der Waals surface area contributed by atoms with Crippen molar-refractivity contribution in [2.24, 2.45) is 17.6 Å². The van der Waals surface area contributed by atoms with Crippen molar-refractivity contribution in [1.29, 1.82) is 0 Å². The summed E-state index contributed by atoms with van der Waals surface area (Å²) in [4.78, 5) is 6.82. The first-order chi connectivity index (χ1) is 8.56. The molecule has 1 saturated heterocycles. The molecule has 0 aromatic carbocycles. The predicted octanol–water partition coefficient (Wildman–Crippen LogP) is 1.52. The summed E-state index contributed by atoms with van der Waals surface area (Å²) in [5, 5.41) is 4.31. The quantitative estimate of drug-likeness (QED) is 0.892. The molecule has 1 aliphatic heterocycles. The lowest BCUT2D eigenvalue weighted by Crippen LogP contribution is -2.30. The Morgan fingerprint density at radius 1 is 1.42 bits per heavy atom. The van der Waals surface area contributed by atoms with Crippen LogP contribution in [0.2, 0.25) is 0 Å². The van der Waals surface area contributed by atoms with Gasteiger partial charge in [0.05, 0.1) is 6.54 Å². The second-order valence-corrected chi connectivity index (χ2v) is 5.90. The molecule has 2 N–H and O–H groups in total. The molecule has 0 spiro atoms. The standard InChI is InChI=1S/C13H25N5.ClH/c1-10(2)6-18-13(15-9-16-18)8-17-5-4-12(7-17)11(3)14;/h9-12H,4-8,14H2,1-3H3;1H. The Balaban J connectivity index is 0.00000180. The molecule has 2 rings (SSSR count). The van der Waals surface area contributed by atoms with E-state index in [0.29, 0.717) is 17.9 Å². The van der Waals surface area contributed by atoms with Gasteiger partial charge < -0.3 is 5.73 Å². The van der Waals surface area contributed by atoms with E-state index in [2.05, 4.69) is 35.8 Å². The minimum Gasteiger partial charge on any atom is -0.328 e. The molecule has 6 heteroatoms. The van der Waals surface area contributed by atoms with E-state index in [1.807, 2.05) is 4.68 Å². The molecule has 0 aliphatic carbocycles. The molecular formula is C13H26ClN5. The monoisotopic (exact) mass is 287 g/mol. The van der Waals surface area contributed by atoms with Crippen molar-refractivity contribution in [1.82, 2.24) is 19.7 Å². The maximum atomic E-state index is 5.97. The van der Waals surface area contributed by atoms with Crippen LogP contribution >= 0.6 is 12.4 Å². The van der Waals surface area contributed by atoms with Crippen molar-refractivity contribution < 1.29 is 0 Å². The number of nitrogens with two attached hydrogens (primary N) is 1. The van der Waals surface area contributed by atoms with Crippen LogP contribution in [0, 0.1) is 11.8 Å². The number of aromatic nitrogens is 3. The fourth-order valence-corrected chi connectivity index (χ4v) is 2.54. The SMILES string of the molecule is CC(C)Cn1ncnc1CN1CCC(C(C)N)C1.Cl. The molecule has 5 nitrogen and oxygen atoms in total. The normalized spacial score (nSPS) is 21.6. The summed E-state index contributed by atoms with van der Waals surface area (Å²) in [5.41, 5.74) is 5.97. The fourth-order valence-electron chi connectivity index (χ4n) is 2.54. The van der Waals surface area contributed by atoms with Crippen molar-refractivity contribution in [3.63, 3.8) is 0 Å². The van der Waals surface area contributed by atoms with E-state index < -0.39 is 0 Å². The average molecular weight is 288 g/mol. The first kappa shape index (κ1) is 16.4. The molecular weight excluding hydrogens is 262 g/mol. The number of hydrogen-bond donors (Lipinski definition) is 1. The van der Waals surface area contributed by atoms with E-state index in [1.54, 1.807) is 6.33 Å². The maximum Gasteiger partial charge on any atom is 0.141 e. The Morgan fingerprint density at radius 3 is 2.74 bits per heavy atom. The van der Waals surface area contributed by atoms with E-state index in [9.17, 15) is 0 Å². The van der Waals surface area contributed by atoms with Crippen LogP contribution in [-0.2, 0) is 13.1 Å². The van der Waals surface area contributed by atoms with Crippen LogP contribution in [0.3, 0.4) is 0 Å². The highest BCUT2D eigenvalue weighted by Crippen LogP contribution is 2.20. The van der Waals surface area contributed by atoms with Crippen molar-refractivity contribution in [3.8, 4) is 0 Å². The summed E-state index contributed by atoms with van der Waals surface area (Å²) < 4.78 is 2.03. The highest BCUT2D eigenvalue weighted by Gasteiger charge is 2.26. The fraction of sp³-hybridized carbons (Fsp3) is 0.846. The number of rotatable bonds is 5. The first-order valence-electron chi connectivity index (χ1n) is 6.91. The van der Waals surface area contributed by atoms with Crippen molar-refractivity contribution >= 4 is 12.4 Å². The number of hydrogen-bond acceptors (Lipinski definition) is 4. The summed E-state index contributed by atoms with van der Waals surface area (Å²) >= 11 is 0. The van der Waals surface area contributed by atoms with Crippen molar-refractivity contribution in [2.45, 2.75) is 46.3 Å². The molecule has 2 atom stereocenters. The number of halogens is 1. The Kier molecular flexibility index (Phi) is 6.23. The first-order valence-corrected chi connectivity index (χ1v) is 6.91. The molecule has 0 amide bonds. The van der Waals surface area contributed by atoms with E-state index in [0.717, 1.165) is 32.0 Å². The van der Waals surface area contributed by atoms with Crippen molar-refractivity contribution in [2.75, 3.05) is 13.1 Å². The van der Waals surface area contributed by atoms with Crippen LogP contribution in [0.25, 0.3) is 0 Å². The van der Waals surface area contributed by atoms with Crippen LogP contribution in [0.15, 0.2) is 6.33 Å². The lowest BCUT2D eigenvalue weighted by atomic mass is 10.0. The molecule has 2 unspecified atom stereocenters. The lowest BCUT2D eigenvalue weighted by Gasteiger charge is -2.18. The van der Waals surface area contributed by atoms with Gasteiger partial charge in [0.1, 0.15) is 12.2 Å². The van der Waals surface area contributed by atoms with Gasteiger partial charge in [-0.15, -0.1) is 12.4 Å². The molecule has 1 fully saturated rings. The topological polar surface area (TPSA) is 60.0 Å². The maximum absolute atomic E-state index is 5.97. The second kappa shape index (κ2) is 7.22. The Morgan fingerprint density at radius 2 is 2.16 bits per heavy atom. The van der Waals surface area contributed by atoms with Crippen molar-refractivity contribution in [3.05, 3.63) is 12.2 Å². The van der Waals surface area contributed by atoms with E-state index in [1.165, 1.54) is 6.42 Å². The molecule has 0 radical (unpaired) electrons. The van der Waals surface area contributed by atoms with Crippen LogP contribution in [0.5, 0.6) is 0 Å². The smallest absolute Gasteiger partial charge is 0.141 e. The Hall–Kier alpha value is -0.650. The molecule has 0 bridgehead atoms. The van der Waals surface area contributed by atoms with E-state index in [4.69, 9.17) is 5.73 Å². The number of nitrogens with zero attached hydrogens (tertiary/aromatic N) is 4. The molecule has 1 aromatic rings. The lowest BCUT2D eigenvalue weighted by molar-refractivity contribution is 0.291. The van der Waals surface area contributed by atoms with Gasteiger partial charge in [-0.05, 0) is 31.7 Å². The van der Waals surface area contributed by atoms with Gasteiger partial charge in [0, 0.05) is 19.1 Å². The molecule has 1 aromatic heterocycles. The Labute approximate surface area is 122 Å². The summed E-state index contributed by atoms with van der Waals surface area (Å²) in [6.07, 6.45) is 2.87. The van der Waals surface area contributed by atoms with Gasteiger partial charge in [0.15, 0.2) is 0 Å². The largest absolute Gasteiger partial charge is 0.328 e. The van der Waals surface area contributed by atoms with Gasteiger partial charge in [0.25, 0.3) is 0 Å². The van der Waals surface area contributed by atoms with Gasteiger partial charge in [-0.25, -0.2) is 9.67 Å². The molecule has 0 saturated carbocycles. The highest BCUT2D eigenvalue weighted by molar-refractivity contribution is 5.85. The third kappa shape index (κ3) is 4.44. The van der Waals surface area contributed by atoms with E-state index >= 15 is 0 Å². The number of likely N-dealkylation sites (tertiary alicyclic amines) is 1. The summed E-state index contributed by atoms with van der Waals surface area (Å²) in [6, 6.07) is 0.295. The minimum absolute atomic E-state index is 0. The van der Waals surface area contributed by atoms with Gasteiger partial charge >= 0.3 is 0 Å². The second-order valence-electron chi connectivity index (χ2n) is 5.90.